The van der Waals surface area contributed by atoms with E-state index in [1.165, 1.54) is 66.4 Å². The maximum Gasteiger partial charge on any atom is -0.0175 e. The van der Waals surface area contributed by atoms with Crippen LogP contribution in [-0.4, -0.2) is 0 Å². The van der Waals surface area contributed by atoms with E-state index in [1.807, 2.05) is 40.7 Å². The van der Waals surface area contributed by atoms with Crippen molar-refractivity contribution in [1.82, 2.24) is 0 Å². The maximum atomic E-state index is 4.00. The third-order valence-electron chi connectivity index (χ3n) is 4.92. The van der Waals surface area contributed by atoms with Crippen LogP contribution in [0.3, 0.4) is 0 Å². The second-order valence-corrected chi connectivity index (χ2v) is 9.36. The zero-order chi connectivity index (χ0) is 26.5. The zero-order valence-corrected chi connectivity index (χ0v) is 24.1. The van der Waals surface area contributed by atoms with Gasteiger partial charge in [0.05, 0.1) is 0 Å². The summed E-state index contributed by atoms with van der Waals surface area (Å²) in [6.45, 7) is 30.1. The minimum atomic E-state index is 1.04. The molecule has 1 aliphatic carbocycles. The van der Waals surface area contributed by atoms with Crippen LogP contribution in [0.25, 0.3) is 22.8 Å². The van der Waals surface area contributed by atoms with Crippen molar-refractivity contribution in [3.8, 4) is 11.1 Å². The Morgan fingerprint density at radius 3 is 1.82 bits per heavy atom. The molecule has 0 amide bonds. The third-order valence-corrected chi connectivity index (χ3v) is 4.92. The van der Waals surface area contributed by atoms with Crippen molar-refractivity contribution in [3.05, 3.63) is 84.5 Å². The fourth-order valence-electron chi connectivity index (χ4n) is 3.37. The van der Waals surface area contributed by atoms with Gasteiger partial charge in [-0.05, 0) is 73.6 Å². The molecule has 0 saturated heterocycles. The standard InChI is InChI=1S/C18H18.C7H14.C4H8.C3H8.C2H6/c1-5-15-9-14(4)10-18(11-15)17-8-6-7-16(12-17)13(2)3;1-7-5-3-2-4-6-7;1-4(2)3;1-3-2;1-2/h5-12H,1-2H2,3-4H3;7H,2-6H2,1H3;1H2,2-3H3;3H2,1-2H3;1-2H3. The average Bonchev–Trinajstić information content (AvgIpc) is 2.81. The van der Waals surface area contributed by atoms with Gasteiger partial charge in [0.15, 0.2) is 0 Å². The Labute approximate surface area is 213 Å². The Morgan fingerprint density at radius 2 is 1.41 bits per heavy atom. The number of hydrogen-bond donors (Lipinski definition) is 0. The molecule has 0 atom stereocenters. The molecule has 0 aromatic heterocycles. The van der Waals surface area contributed by atoms with Crippen LogP contribution in [0.1, 0.15) is 111 Å². The molecular formula is C34H54. The molecule has 0 heteroatoms. The van der Waals surface area contributed by atoms with Crippen molar-refractivity contribution in [2.75, 3.05) is 0 Å². The van der Waals surface area contributed by atoms with Crippen LogP contribution in [0.15, 0.2) is 67.8 Å². The van der Waals surface area contributed by atoms with E-state index in [1.54, 1.807) is 0 Å². The summed E-state index contributed by atoms with van der Waals surface area (Å²) in [5, 5.41) is 0. The molecule has 1 fully saturated rings. The van der Waals surface area contributed by atoms with Gasteiger partial charge in [0, 0.05) is 0 Å². The van der Waals surface area contributed by atoms with E-state index < -0.39 is 0 Å². The van der Waals surface area contributed by atoms with Gasteiger partial charge in [0.25, 0.3) is 0 Å². The number of aryl methyl sites for hydroxylation is 1. The van der Waals surface area contributed by atoms with E-state index >= 15 is 0 Å². The predicted octanol–water partition coefficient (Wildman–Crippen LogP) is 11.9. The lowest BCUT2D eigenvalue weighted by Crippen LogP contribution is -1.99. The largest absolute Gasteiger partial charge is 0.100 e. The molecule has 34 heavy (non-hydrogen) atoms. The summed E-state index contributed by atoms with van der Waals surface area (Å²) in [6, 6.07) is 15.0. The minimum absolute atomic E-state index is 1.04. The van der Waals surface area contributed by atoms with E-state index in [0.717, 1.165) is 17.1 Å². The Balaban J connectivity index is 0. The Bertz CT molecular complexity index is 812. The fraction of sp³-hybridized carbons (Fsp3) is 0.471. The van der Waals surface area contributed by atoms with Crippen LogP contribution < -0.4 is 0 Å². The lowest BCUT2D eigenvalue weighted by molar-refractivity contribution is 0.385. The summed E-state index contributed by atoms with van der Waals surface area (Å²) in [5.74, 6) is 1.04. The van der Waals surface area contributed by atoms with Gasteiger partial charge in [0.1, 0.15) is 0 Å². The summed E-state index contributed by atoms with van der Waals surface area (Å²) >= 11 is 0. The molecule has 0 spiro atoms. The van der Waals surface area contributed by atoms with Gasteiger partial charge in [-0.1, -0.05) is 134 Å². The second-order valence-electron chi connectivity index (χ2n) is 9.36. The minimum Gasteiger partial charge on any atom is -0.100 e. The van der Waals surface area contributed by atoms with Crippen LogP contribution >= 0.6 is 0 Å². The van der Waals surface area contributed by atoms with Gasteiger partial charge >= 0.3 is 0 Å². The summed E-state index contributed by atoms with van der Waals surface area (Å²) in [7, 11) is 0. The molecule has 0 bridgehead atoms. The lowest BCUT2D eigenvalue weighted by Gasteiger charge is -2.15. The lowest BCUT2D eigenvalue weighted by atomic mass is 9.91. The Hall–Kier alpha value is -2.34. The molecule has 0 aliphatic heterocycles. The van der Waals surface area contributed by atoms with Gasteiger partial charge in [-0.3, -0.25) is 0 Å². The van der Waals surface area contributed by atoms with Crippen molar-refractivity contribution in [2.45, 2.75) is 101 Å². The zero-order valence-electron chi connectivity index (χ0n) is 24.1. The number of benzene rings is 2. The molecule has 190 valence electrons. The van der Waals surface area contributed by atoms with E-state index in [2.05, 4.69) is 89.9 Å². The monoisotopic (exact) mass is 462 g/mol. The van der Waals surface area contributed by atoms with Crippen molar-refractivity contribution in [1.29, 1.82) is 0 Å². The number of rotatable bonds is 3. The highest BCUT2D eigenvalue weighted by atomic mass is 14.1. The first-order valence-corrected chi connectivity index (χ1v) is 13.3. The molecule has 0 nitrogen and oxygen atoms in total. The van der Waals surface area contributed by atoms with Gasteiger partial charge in [0.2, 0.25) is 0 Å². The molecule has 1 aliphatic rings. The fourth-order valence-corrected chi connectivity index (χ4v) is 3.37. The molecule has 0 radical (unpaired) electrons. The van der Waals surface area contributed by atoms with Crippen molar-refractivity contribution >= 4 is 11.6 Å². The molecule has 0 unspecified atom stereocenters. The normalized spacial score (nSPS) is 12.0. The first-order valence-electron chi connectivity index (χ1n) is 13.3. The highest BCUT2D eigenvalue weighted by Crippen LogP contribution is 2.25. The number of allylic oxidation sites excluding steroid dienone is 2. The molecule has 0 N–H and O–H groups in total. The van der Waals surface area contributed by atoms with Crippen LogP contribution in [0, 0.1) is 12.8 Å². The SMILES string of the molecule is C=C(C)C.C=Cc1cc(C)cc(-c2cccc(C(=C)C)c2)c1.CC.CC1CCCCC1.CCC. The number of hydrogen-bond acceptors (Lipinski definition) is 0. The van der Waals surface area contributed by atoms with Gasteiger partial charge < -0.3 is 0 Å². The van der Waals surface area contributed by atoms with E-state index in [4.69, 9.17) is 0 Å². The molecule has 0 heterocycles. The van der Waals surface area contributed by atoms with Crippen molar-refractivity contribution in [2.24, 2.45) is 5.92 Å². The molecular weight excluding hydrogens is 408 g/mol. The van der Waals surface area contributed by atoms with Crippen LogP contribution in [0.2, 0.25) is 0 Å². The van der Waals surface area contributed by atoms with Crippen molar-refractivity contribution in [3.63, 3.8) is 0 Å². The third kappa shape index (κ3) is 17.2. The smallest absolute Gasteiger partial charge is 0.0175 e. The van der Waals surface area contributed by atoms with Gasteiger partial charge in [-0.15, -0.1) is 6.58 Å². The second kappa shape index (κ2) is 21.2. The summed E-state index contributed by atoms with van der Waals surface area (Å²) in [5.41, 5.74) is 8.31. The summed E-state index contributed by atoms with van der Waals surface area (Å²) in [6.07, 6.45) is 10.6. The Kier molecular flexibility index (Phi) is 21.1. The van der Waals surface area contributed by atoms with E-state index in [9.17, 15) is 0 Å². The molecule has 2 aromatic rings. The van der Waals surface area contributed by atoms with E-state index in [0.29, 0.717) is 0 Å². The molecule has 2 aromatic carbocycles. The quantitative estimate of drug-likeness (QED) is 0.398. The maximum absolute atomic E-state index is 4.00. The molecule has 1 saturated carbocycles. The predicted molar refractivity (Wildman–Crippen MR) is 161 cm³/mol. The van der Waals surface area contributed by atoms with Crippen molar-refractivity contribution < 1.29 is 0 Å². The van der Waals surface area contributed by atoms with Gasteiger partial charge in [-0.2, -0.15) is 0 Å². The first kappa shape index (κ1) is 33.8. The first-order chi connectivity index (χ1) is 16.1. The van der Waals surface area contributed by atoms with Crippen LogP contribution in [0.5, 0.6) is 0 Å². The topological polar surface area (TPSA) is 0 Å². The highest BCUT2D eigenvalue weighted by Gasteiger charge is 2.06. The molecule has 3 rings (SSSR count). The van der Waals surface area contributed by atoms with Crippen LogP contribution in [-0.2, 0) is 0 Å². The highest BCUT2D eigenvalue weighted by molar-refractivity contribution is 5.73. The van der Waals surface area contributed by atoms with Gasteiger partial charge in [-0.25, -0.2) is 0 Å². The van der Waals surface area contributed by atoms with E-state index in [-0.39, 0.29) is 0 Å². The van der Waals surface area contributed by atoms with Crippen LogP contribution in [0.4, 0.5) is 0 Å². The Morgan fingerprint density at radius 1 is 0.882 bits per heavy atom. The summed E-state index contributed by atoms with van der Waals surface area (Å²) in [4.78, 5) is 0. The summed E-state index contributed by atoms with van der Waals surface area (Å²) < 4.78 is 0. The average molecular weight is 463 g/mol.